The Hall–Kier alpha value is -2.98. The highest BCUT2D eigenvalue weighted by molar-refractivity contribution is 7.85. The SMILES string of the molecule is COC(=O)c1ccc2ccccc2c1C(=O)N[C@@H](CCS(=O)(=O)O)C(=O)O. The summed E-state index contributed by atoms with van der Waals surface area (Å²) >= 11 is 0. The van der Waals surface area contributed by atoms with Crippen LogP contribution < -0.4 is 5.32 Å². The van der Waals surface area contributed by atoms with Gasteiger partial charge in [-0.15, -0.1) is 0 Å². The van der Waals surface area contributed by atoms with Crippen molar-refractivity contribution in [3.8, 4) is 0 Å². The third-order valence-corrected chi connectivity index (χ3v) is 4.58. The number of esters is 1. The first kappa shape index (κ1) is 20.3. The van der Waals surface area contributed by atoms with Crippen molar-refractivity contribution in [3.63, 3.8) is 0 Å². The fourth-order valence-corrected chi connectivity index (χ4v) is 3.08. The molecular formula is C17H17NO8S. The molecule has 0 saturated carbocycles. The Morgan fingerprint density at radius 1 is 1.15 bits per heavy atom. The van der Waals surface area contributed by atoms with Gasteiger partial charge in [0.15, 0.2) is 0 Å². The number of fused-ring (bicyclic) bond motifs is 1. The first-order valence-corrected chi connectivity index (χ1v) is 9.34. The third-order valence-electron chi connectivity index (χ3n) is 3.83. The number of nitrogens with one attached hydrogen (secondary N) is 1. The normalized spacial score (nSPS) is 12.4. The molecule has 1 amide bonds. The Morgan fingerprint density at radius 2 is 1.81 bits per heavy atom. The summed E-state index contributed by atoms with van der Waals surface area (Å²) in [5.41, 5.74) is -0.148. The lowest BCUT2D eigenvalue weighted by Crippen LogP contribution is -2.42. The van der Waals surface area contributed by atoms with Crippen LogP contribution in [0.5, 0.6) is 0 Å². The monoisotopic (exact) mass is 395 g/mol. The van der Waals surface area contributed by atoms with E-state index in [9.17, 15) is 27.9 Å². The first-order chi connectivity index (χ1) is 12.6. The maximum atomic E-state index is 12.7. The molecule has 2 rings (SSSR count). The second-order valence-electron chi connectivity index (χ2n) is 5.64. The lowest BCUT2D eigenvalue weighted by atomic mass is 9.97. The van der Waals surface area contributed by atoms with Gasteiger partial charge in [0.1, 0.15) is 6.04 Å². The van der Waals surface area contributed by atoms with Crippen LogP contribution in [0.25, 0.3) is 10.8 Å². The van der Waals surface area contributed by atoms with Crippen LogP contribution in [-0.4, -0.2) is 54.8 Å². The standard InChI is InChI=1S/C17H17NO8S/c1-26-17(22)12-7-6-10-4-2-3-5-11(10)14(12)15(19)18-13(16(20)21)8-9-27(23,24)25/h2-7,13H,8-9H2,1H3,(H,18,19)(H,20,21)(H,23,24,25)/t13-/m0/s1. The molecule has 0 unspecified atom stereocenters. The Balaban J connectivity index is 2.45. The van der Waals surface area contributed by atoms with E-state index in [1.54, 1.807) is 30.3 Å². The van der Waals surface area contributed by atoms with Crippen LogP contribution >= 0.6 is 0 Å². The second kappa shape index (κ2) is 8.14. The third kappa shape index (κ3) is 5.02. The number of hydrogen-bond donors (Lipinski definition) is 3. The van der Waals surface area contributed by atoms with Crippen molar-refractivity contribution in [1.29, 1.82) is 0 Å². The number of hydrogen-bond acceptors (Lipinski definition) is 6. The molecular weight excluding hydrogens is 378 g/mol. The number of carbonyl (C=O) groups excluding carboxylic acids is 2. The largest absolute Gasteiger partial charge is 0.480 e. The smallest absolute Gasteiger partial charge is 0.338 e. The Morgan fingerprint density at radius 3 is 2.41 bits per heavy atom. The molecule has 10 heteroatoms. The highest BCUT2D eigenvalue weighted by Gasteiger charge is 2.26. The van der Waals surface area contributed by atoms with Gasteiger partial charge in [0.2, 0.25) is 0 Å². The predicted octanol–water partition coefficient (Wildman–Crippen LogP) is 1.09. The highest BCUT2D eigenvalue weighted by atomic mass is 32.2. The molecule has 0 fully saturated rings. The maximum absolute atomic E-state index is 12.7. The van der Waals surface area contributed by atoms with Crippen LogP contribution in [0, 0.1) is 0 Å². The van der Waals surface area contributed by atoms with E-state index in [1.165, 1.54) is 6.07 Å². The van der Waals surface area contributed by atoms with Gasteiger partial charge in [-0.05, 0) is 23.3 Å². The number of carboxylic acids is 1. The summed E-state index contributed by atoms with van der Waals surface area (Å²) in [7, 11) is -3.26. The van der Waals surface area contributed by atoms with E-state index in [0.717, 1.165) is 7.11 Å². The number of rotatable bonds is 7. The van der Waals surface area contributed by atoms with Crippen LogP contribution in [0.4, 0.5) is 0 Å². The summed E-state index contributed by atoms with van der Waals surface area (Å²) in [6.45, 7) is 0. The average Bonchev–Trinajstić information content (AvgIpc) is 2.62. The van der Waals surface area contributed by atoms with Gasteiger partial charge < -0.3 is 15.2 Å². The molecule has 0 aliphatic carbocycles. The summed E-state index contributed by atoms with van der Waals surface area (Å²) in [5, 5.41) is 12.5. The molecule has 2 aromatic rings. The first-order valence-electron chi connectivity index (χ1n) is 7.73. The van der Waals surface area contributed by atoms with Crippen LogP contribution in [0.1, 0.15) is 27.1 Å². The van der Waals surface area contributed by atoms with Gasteiger partial charge in [-0.25, -0.2) is 9.59 Å². The molecule has 0 heterocycles. The molecule has 0 spiro atoms. The summed E-state index contributed by atoms with van der Waals surface area (Å²) in [5.74, 6) is -3.98. The molecule has 3 N–H and O–H groups in total. The summed E-state index contributed by atoms with van der Waals surface area (Å²) in [4.78, 5) is 36.1. The van der Waals surface area contributed by atoms with E-state index >= 15 is 0 Å². The molecule has 0 bridgehead atoms. The molecule has 9 nitrogen and oxygen atoms in total. The van der Waals surface area contributed by atoms with E-state index in [1.807, 2.05) is 0 Å². The molecule has 0 saturated heterocycles. The van der Waals surface area contributed by atoms with Crippen molar-refractivity contribution >= 4 is 38.7 Å². The van der Waals surface area contributed by atoms with Gasteiger partial charge in [-0.3, -0.25) is 9.35 Å². The second-order valence-corrected chi connectivity index (χ2v) is 7.21. The summed E-state index contributed by atoms with van der Waals surface area (Å²) in [6.07, 6.45) is -0.543. The zero-order valence-corrected chi connectivity index (χ0v) is 15.0. The molecule has 1 atom stereocenters. The van der Waals surface area contributed by atoms with Crippen molar-refractivity contribution in [2.45, 2.75) is 12.5 Å². The number of benzene rings is 2. The minimum absolute atomic E-state index is 0.0624. The van der Waals surface area contributed by atoms with Crippen molar-refractivity contribution in [2.24, 2.45) is 0 Å². The van der Waals surface area contributed by atoms with Crippen LogP contribution in [-0.2, 0) is 19.6 Å². The predicted molar refractivity (Wildman–Crippen MR) is 95.2 cm³/mol. The van der Waals surface area contributed by atoms with Gasteiger partial charge >= 0.3 is 11.9 Å². The minimum Gasteiger partial charge on any atom is -0.480 e. The number of carbonyl (C=O) groups is 3. The van der Waals surface area contributed by atoms with Crippen LogP contribution in [0.15, 0.2) is 36.4 Å². The van der Waals surface area contributed by atoms with Crippen LogP contribution in [0.3, 0.4) is 0 Å². The highest BCUT2D eigenvalue weighted by Crippen LogP contribution is 2.23. The van der Waals surface area contributed by atoms with Crippen molar-refractivity contribution < 1.29 is 37.2 Å². The van der Waals surface area contributed by atoms with E-state index in [-0.39, 0.29) is 11.1 Å². The zero-order valence-electron chi connectivity index (χ0n) is 14.2. The zero-order chi connectivity index (χ0) is 20.2. The maximum Gasteiger partial charge on any atom is 0.338 e. The molecule has 0 aliphatic heterocycles. The van der Waals surface area contributed by atoms with Gasteiger partial charge in [0.25, 0.3) is 16.0 Å². The minimum atomic E-state index is -4.40. The molecule has 27 heavy (non-hydrogen) atoms. The molecule has 144 valence electrons. The Kier molecular flexibility index (Phi) is 6.13. The van der Waals surface area contributed by atoms with Crippen molar-refractivity contribution in [1.82, 2.24) is 5.32 Å². The Labute approximate surface area is 154 Å². The lowest BCUT2D eigenvalue weighted by Gasteiger charge is -2.16. The van der Waals surface area contributed by atoms with E-state index in [2.05, 4.69) is 10.1 Å². The summed E-state index contributed by atoms with van der Waals surface area (Å²) in [6, 6.07) is 8.10. The van der Waals surface area contributed by atoms with Crippen LogP contribution in [0.2, 0.25) is 0 Å². The van der Waals surface area contributed by atoms with Gasteiger partial charge in [0, 0.05) is 0 Å². The van der Waals surface area contributed by atoms with Gasteiger partial charge in [-0.2, -0.15) is 8.42 Å². The fourth-order valence-electron chi connectivity index (χ4n) is 2.55. The Bertz CT molecular complexity index is 999. The molecule has 2 aromatic carbocycles. The van der Waals surface area contributed by atoms with E-state index in [4.69, 9.17) is 4.55 Å². The van der Waals surface area contributed by atoms with Gasteiger partial charge in [-0.1, -0.05) is 30.3 Å². The van der Waals surface area contributed by atoms with Gasteiger partial charge in [0.05, 0.1) is 24.0 Å². The molecule has 0 aromatic heterocycles. The fraction of sp³-hybridized carbons (Fsp3) is 0.235. The molecule has 0 radical (unpaired) electrons. The lowest BCUT2D eigenvalue weighted by molar-refractivity contribution is -0.139. The number of amides is 1. The van der Waals surface area contributed by atoms with Crippen molar-refractivity contribution in [3.05, 3.63) is 47.5 Å². The topological polar surface area (TPSA) is 147 Å². The molecule has 0 aliphatic rings. The number of ether oxygens (including phenoxy) is 1. The number of aliphatic carboxylic acids is 1. The quantitative estimate of drug-likeness (QED) is 0.466. The number of carboxylic acid groups (broad SMARTS) is 1. The summed E-state index contributed by atoms with van der Waals surface area (Å²) < 4.78 is 35.2. The van der Waals surface area contributed by atoms with E-state index in [0.29, 0.717) is 10.8 Å². The average molecular weight is 395 g/mol. The number of methoxy groups -OCH3 is 1. The van der Waals surface area contributed by atoms with Crippen molar-refractivity contribution in [2.75, 3.05) is 12.9 Å². The van der Waals surface area contributed by atoms with E-state index < -0.39 is 46.2 Å².